The molecule has 1 aliphatic heterocycles. The molecule has 17 heavy (non-hydrogen) atoms. The molecule has 1 unspecified atom stereocenters. The fraction of sp³-hybridized carbons (Fsp3) is 0.500. The summed E-state index contributed by atoms with van der Waals surface area (Å²) in [5, 5.41) is 0. The van der Waals surface area contributed by atoms with E-state index in [2.05, 4.69) is 15.4 Å². The number of hydrogen-bond donors (Lipinski definition) is 3. The van der Waals surface area contributed by atoms with Gasteiger partial charge < -0.3 is 16.1 Å². The highest BCUT2D eigenvalue weighted by Crippen LogP contribution is 2.23. The second kappa shape index (κ2) is 4.96. The zero-order valence-corrected chi connectivity index (χ0v) is 9.47. The predicted molar refractivity (Wildman–Crippen MR) is 64.0 cm³/mol. The first kappa shape index (κ1) is 11.6. The number of nitrogens with one attached hydrogen (secondary N) is 1. The smallest absolute Gasteiger partial charge is 0.240 e. The number of hydrazine groups is 1. The lowest BCUT2D eigenvalue weighted by molar-refractivity contribution is -0.119. The van der Waals surface area contributed by atoms with Gasteiger partial charge in [-0.25, -0.2) is 10.8 Å². The number of nitrogens with zero attached hydrogens (tertiary/aromatic N) is 3. The summed E-state index contributed by atoms with van der Waals surface area (Å²) >= 11 is 0. The van der Waals surface area contributed by atoms with E-state index in [1.165, 1.54) is 6.20 Å². The fourth-order valence-electron chi connectivity index (χ4n) is 2.07. The maximum atomic E-state index is 11.4. The molecule has 1 fully saturated rings. The van der Waals surface area contributed by atoms with E-state index in [4.69, 9.17) is 11.6 Å². The van der Waals surface area contributed by atoms with Crippen LogP contribution in [-0.4, -0.2) is 28.5 Å². The van der Waals surface area contributed by atoms with Gasteiger partial charge in [0.05, 0.1) is 12.4 Å². The molecule has 92 valence electrons. The average molecular weight is 236 g/mol. The van der Waals surface area contributed by atoms with Crippen LogP contribution < -0.4 is 21.9 Å². The SMILES string of the molecule is NNc1cncc(N2CCCCC2C(N)=O)n1. The topological polar surface area (TPSA) is 110 Å². The standard InChI is InChI=1S/C10H16N6O/c11-10(17)7-3-1-2-4-16(7)9-6-13-5-8(14-9)15-12/h5-7H,1-4,12H2,(H2,11,17)(H,14,15). The summed E-state index contributed by atoms with van der Waals surface area (Å²) in [5.74, 6) is 6.06. The highest BCUT2D eigenvalue weighted by Gasteiger charge is 2.28. The molecule has 2 rings (SSSR count). The Kier molecular flexibility index (Phi) is 3.38. The number of nitrogen functional groups attached to an aromatic ring is 1. The first-order valence-electron chi connectivity index (χ1n) is 5.57. The molecule has 1 aliphatic rings. The molecule has 0 aliphatic carbocycles. The van der Waals surface area contributed by atoms with Crippen LogP contribution in [0.1, 0.15) is 19.3 Å². The average Bonchev–Trinajstić information content (AvgIpc) is 2.39. The van der Waals surface area contributed by atoms with Gasteiger partial charge in [0.15, 0.2) is 5.82 Å². The molecule has 0 aromatic carbocycles. The number of carbonyl (C=O) groups is 1. The van der Waals surface area contributed by atoms with Crippen molar-refractivity contribution in [1.29, 1.82) is 0 Å². The molecule has 1 aromatic rings. The summed E-state index contributed by atoms with van der Waals surface area (Å²) in [7, 11) is 0. The van der Waals surface area contributed by atoms with Crippen LogP contribution >= 0.6 is 0 Å². The summed E-state index contributed by atoms with van der Waals surface area (Å²) in [5.41, 5.74) is 7.83. The first-order valence-corrected chi connectivity index (χ1v) is 5.57. The van der Waals surface area contributed by atoms with E-state index in [-0.39, 0.29) is 11.9 Å². The number of rotatable bonds is 3. The number of hydrogen-bond acceptors (Lipinski definition) is 6. The van der Waals surface area contributed by atoms with E-state index >= 15 is 0 Å². The van der Waals surface area contributed by atoms with Crippen molar-refractivity contribution in [3.8, 4) is 0 Å². The van der Waals surface area contributed by atoms with Gasteiger partial charge >= 0.3 is 0 Å². The summed E-state index contributed by atoms with van der Waals surface area (Å²) in [6.07, 6.45) is 5.92. The predicted octanol–water partition coefficient (Wildman–Crippen LogP) is -0.394. The molecule has 0 spiro atoms. The minimum atomic E-state index is -0.322. The summed E-state index contributed by atoms with van der Waals surface area (Å²) in [6.45, 7) is 0.760. The second-order valence-electron chi connectivity index (χ2n) is 4.01. The van der Waals surface area contributed by atoms with Crippen LogP contribution in [0.2, 0.25) is 0 Å². The minimum Gasteiger partial charge on any atom is -0.368 e. The molecule has 0 radical (unpaired) electrons. The number of anilines is 2. The lowest BCUT2D eigenvalue weighted by Gasteiger charge is -2.34. The third-order valence-electron chi connectivity index (χ3n) is 2.90. The van der Waals surface area contributed by atoms with Crippen molar-refractivity contribution in [1.82, 2.24) is 9.97 Å². The van der Waals surface area contributed by atoms with Crippen LogP contribution in [0.5, 0.6) is 0 Å². The fourth-order valence-corrected chi connectivity index (χ4v) is 2.07. The van der Waals surface area contributed by atoms with E-state index in [9.17, 15) is 4.79 Å². The lowest BCUT2D eigenvalue weighted by atomic mass is 10.0. The number of carbonyl (C=O) groups excluding carboxylic acids is 1. The summed E-state index contributed by atoms with van der Waals surface area (Å²) in [4.78, 5) is 21.6. The number of nitrogens with two attached hydrogens (primary N) is 2. The van der Waals surface area contributed by atoms with Crippen LogP contribution in [0, 0.1) is 0 Å². The zero-order valence-electron chi connectivity index (χ0n) is 9.47. The number of piperidine rings is 1. The second-order valence-corrected chi connectivity index (χ2v) is 4.01. The largest absolute Gasteiger partial charge is 0.368 e. The molecular weight excluding hydrogens is 220 g/mol. The quantitative estimate of drug-likeness (QED) is 0.487. The van der Waals surface area contributed by atoms with Crippen molar-refractivity contribution in [3.05, 3.63) is 12.4 Å². The van der Waals surface area contributed by atoms with Crippen molar-refractivity contribution in [2.24, 2.45) is 11.6 Å². The molecule has 1 aromatic heterocycles. The Bertz CT molecular complexity index is 410. The van der Waals surface area contributed by atoms with Crippen molar-refractivity contribution in [2.75, 3.05) is 16.9 Å². The van der Waals surface area contributed by atoms with Crippen molar-refractivity contribution >= 4 is 17.5 Å². The summed E-state index contributed by atoms with van der Waals surface area (Å²) < 4.78 is 0. The van der Waals surface area contributed by atoms with Gasteiger partial charge in [0, 0.05) is 6.54 Å². The van der Waals surface area contributed by atoms with E-state index in [0.29, 0.717) is 11.6 Å². The maximum absolute atomic E-state index is 11.4. The van der Waals surface area contributed by atoms with Gasteiger partial charge in [-0.05, 0) is 19.3 Å². The minimum absolute atomic E-state index is 0.300. The van der Waals surface area contributed by atoms with E-state index in [0.717, 1.165) is 25.8 Å². The van der Waals surface area contributed by atoms with Gasteiger partial charge in [-0.3, -0.25) is 9.78 Å². The summed E-state index contributed by atoms with van der Waals surface area (Å²) in [6, 6.07) is -0.300. The van der Waals surface area contributed by atoms with Gasteiger partial charge in [-0.2, -0.15) is 0 Å². The maximum Gasteiger partial charge on any atom is 0.240 e. The number of amides is 1. The van der Waals surface area contributed by atoms with E-state index < -0.39 is 0 Å². The molecule has 2 heterocycles. The van der Waals surface area contributed by atoms with Crippen LogP contribution in [0.4, 0.5) is 11.6 Å². The molecule has 0 saturated carbocycles. The van der Waals surface area contributed by atoms with E-state index in [1.807, 2.05) is 4.90 Å². The van der Waals surface area contributed by atoms with Crippen LogP contribution in [0.15, 0.2) is 12.4 Å². The number of aromatic nitrogens is 2. The van der Waals surface area contributed by atoms with Gasteiger partial charge in [0.1, 0.15) is 11.9 Å². The highest BCUT2D eigenvalue weighted by atomic mass is 16.1. The molecule has 1 atom stereocenters. The van der Waals surface area contributed by atoms with Gasteiger partial charge in [-0.15, -0.1) is 0 Å². The van der Waals surface area contributed by atoms with Gasteiger partial charge in [0.2, 0.25) is 5.91 Å². The van der Waals surface area contributed by atoms with Crippen molar-refractivity contribution < 1.29 is 4.79 Å². The van der Waals surface area contributed by atoms with Gasteiger partial charge in [-0.1, -0.05) is 0 Å². The van der Waals surface area contributed by atoms with Crippen LogP contribution in [0.3, 0.4) is 0 Å². The van der Waals surface area contributed by atoms with Crippen LogP contribution in [0.25, 0.3) is 0 Å². The Labute approximate surface area is 99.2 Å². The molecule has 0 bridgehead atoms. The molecule has 7 heteroatoms. The van der Waals surface area contributed by atoms with Crippen molar-refractivity contribution in [2.45, 2.75) is 25.3 Å². The molecule has 5 N–H and O–H groups in total. The highest BCUT2D eigenvalue weighted by molar-refractivity contribution is 5.83. The number of primary amides is 1. The third kappa shape index (κ3) is 2.44. The molecule has 1 saturated heterocycles. The molecule has 1 amide bonds. The van der Waals surface area contributed by atoms with Crippen LogP contribution in [-0.2, 0) is 4.79 Å². The van der Waals surface area contributed by atoms with Crippen molar-refractivity contribution in [3.63, 3.8) is 0 Å². The Balaban J connectivity index is 2.26. The Morgan fingerprint density at radius 3 is 3.00 bits per heavy atom. The Hall–Kier alpha value is -1.89. The molecular formula is C10H16N6O. The third-order valence-corrected chi connectivity index (χ3v) is 2.90. The zero-order chi connectivity index (χ0) is 12.3. The first-order chi connectivity index (χ1) is 8.22. The Morgan fingerprint density at radius 1 is 1.47 bits per heavy atom. The lowest BCUT2D eigenvalue weighted by Crippen LogP contribution is -2.48. The van der Waals surface area contributed by atoms with Gasteiger partial charge in [0.25, 0.3) is 0 Å². The molecule has 7 nitrogen and oxygen atoms in total. The van der Waals surface area contributed by atoms with E-state index in [1.54, 1.807) is 6.20 Å². The Morgan fingerprint density at radius 2 is 2.29 bits per heavy atom. The normalized spacial score (nSPS) is 20.1. The monoisotopic (exact) mass is 236 g/mol.